The van der Waals surface area contributed by atoms with E-state index in [2.05, 4.69) is 6.92 Å². The summed E-state index contributed by atoms with van der Waals surface area (Å²) in [6.45, 7) is 2.65. The van der Waals surface area contributed by atoms with Gasteiger partial charge >= 0.3 is 23.9 Å². The molecule has 1 aliphatic carbocycles. The highest BCUT2D eigenvalue weighted by Crippen LogP contribution is 2.57. The average molecular weight is 478 g/mol. The molecule has 0 spiro atoms. The Hall–Kier alpha value is -1.61. The second kappa shape index (κ2) is 10.1. The zero-order valence-corrected chi connectivity index (χ0v) is 17.6. The molecule has 1 fully saturated rings. The fourth-order valence-electron chi connectivity index (χ4n) is 3.99. The van der Waals surface area contributed by atoms with E-state index in [4.69, 9.17) is 4.74 Å². The molecule has 2 rings (SSSR count). The van der Waals surface area contributed by atoms with Gasteiger partial charge in [-0.3, -0.25) is 0 Å². The molecular weight excluding hydrogens is 451 g/mol. The molecule has 0 amide bonds. The van der Waals surface area contributed by atoms with Crippen LogP contribution in [0.5, 0.6) is 5.75 Å². The van der Waals surface area contributed by atoms with Crippen molar-refractivity contribution in [3.05, 3.63) is 29.8 Å². The molecule has 1 aromatic rings. The van der Waals surface area contributed by atoms with Crippen LogP contribution in [0.1, 0.15) is 69.8 Å². The molecule has 1 aromatic carbocycles. The molecule has 1 aliphatic rings. The monoisotopic (exact) mass is 478 g/mol. The number of hydrogen-bond acceptors (Lipinski definition) is 1. The summed E-state index contributed by atoms with van der Waals surface area (Å²) >= 11 is 0. The molecule has 32 heavy (non-hydrogen) atoms. The molecule has 0 aromatic heterocycles. The summed E-state index contributed by atoms with van der Waals surface area (Å²) in [5.41, 5.74) is 0.748. The van der Waals surface area contributed by atoms with E-state index in [-0.39, 0.29) is 18.8 Å². The summed E-state index contributed by atoms with van der Waals surface area (Å²) in [5.74, 6) is -20.8. The summed E-state index contributed by atoms with van der Waals surface area (Å²) in [7, 11) is 0. The van der Waals surface area contributed by atoms with Crippen molar-refractivity contribution in [1.29, 1.82) is 0 Å². The molecule has 0 radical (unpaired) electrons. The van der Waals surface area contributed by atoms with Crippen LogP contribution in [0.25, 0.3) is 0 Å². The molecule has 0 heterocycles. The molecular formula is C22H27F9O. The lowest BCUT2D eigenvalue weighted by Crippen LogP contribution is -2.63. The third-order valence-corrected chi connectivity index (χ3v) is 6.03. The van der Waals surface area contributed by atoms with Gasteiger partial charge in [0.1, 0.15) is 5.75 Å². The summed E-state index contributed by atoms with van der Waals surface area (Å²) in [6.07, 6.45) is -3.82. The van der Waals surface area contributed by atoms with Crippen molar-refractivity contribution >= 4 is 0 Å². The first kappa shape index (κ1) is 26.6. The van der Waals surface area contributed by atoms with Gasteiger partial charge in [0.05, 0.1) is 6.61 Å². The maximum Gasteiger partial charge on any atom is 0.460 e. The Morgan fingerprint density at radius 3 is 1.81 bits per heavy atom. The minimum Gasteiger partial charge on any atom is -0.494 e. The predicted molar refractivity (Wildman–Crippen MR) is 102 cm³/mol. The van der Waals surface area contributed by atoms with Crippen molar-refractivity contribution in [1.82, 2.24) is 0 Å². The van der Waals surface area contributed by atoms with Gasteiger partial charge in [-0.15, -0.1) is 0 Å². The van der Waals surface area contributed by atoms with Crippen LogP contribution in [0.2, 0.25) is 0 Å². The molecule has 0 N–H and O–H groups in total. The molecule has 0 unspecified atom stereocenters. The second-order valence-electron chi connectivity index (χ2n) is 8.30. The lowest BCUT2D eigenvalue weighted by molar-refractivity contribution is -0.404. The first-order valence-electron chi connectivity index (χ1n) is 10.7. The summed E-state index contributed by atoms with van der Waals surface area (Å²) in [5, 5.41) is 0. The van der Waals surface area contributed by atoms with Crippen molar-refractivity contribution in [2.24, 2.45) is 5.92 Å². The molecule has 1 nitrogen and oxygen atoms in total. The highest BCUT2D eigenvalue weighted by atomic mass is 19.4. The predicted octanol–water partition coefficient (Wildman–Crippen LogP) is 8.39. The van der Waals surface area contributed by atoms with Crippen LogP contribution in [-0.2, 0) is 0 Å². The first-order valence-corrected chi connectivity index (χ1v) is 10.7. The lowest BCUT2D eigenvalue weighted by atomic mass is 9.74. The van der Waals surface area contributed by atoms with Crippen molar-refractivity contribution in [2.45, 2.75) is 88.2 Å². The quantitative estimate of drug-likeness (QED) is 0.242. The van der Waals surface area contributed by atoms with Crippen LogP contribution in [0.3, 0.4) is 0 Å². The zero-order valence-electron chi connectivity index (χ0n) is 17.6. The average Bonchev–Trinajstić information content (AvgIpc) is 2.73. The van der Waals surface area contributed by atoms with Crippen LogP contribution in [0.15, 0.2) is 24.3 Å². The summed E-state index contributed by atoms with van der Waals surface area (Å²) < 4.78 is 124. The Morgan fingerprint density at radius 2 is 1.31 bits per heavy atom. The zero-order chi connectivity index (χ0) is 24.2. The third kappa shape index (κ3) is 5.47. The van der Waals surface area contributed by atoms with Crippen LogP contribution < -0.4 is 4.74 Å². The van der Waals surface area contributed by atoms with Crippen LogP contribution in [0, 0.1) is 5.92 Å². The number of rotatable bonds is 10. The molecule has 1 saturated carbocycles. The number of ether oxygens (including phenoxy) is 1. The maximum absolute atomic E-state index is 14.1. The fourth-order valence-corrected chi connectivity index (χ4v) is 3.99. The van der Waals surface area contributed by atoms with Gasteiger partial charge in [0, 0.05) is 5.92 Å². The molecule has 184 valence electrons. The molecule has 0 saturated heterocycles. The van der Waals surface area contributed by atoms with Crippen LogP contribution >= 0.6 is 0 Å². The van der Waals surface area contributed by atoms with Gasteiger partial charge in [-0.2, -0.15) is 39.5 Å². The Balaban J connectivity index is 1.96. The SMILES string of the molecule is CCCCCCOc1ccc([C@H]2CC[C@H](C(F)(F)C(F)(F)C(F)(F)C(F)(F)F)CC2)cc1. The van der Waals surface area contributed by atoms with Gasteiger partial charge in [0.25, 0.3) is 0 Å². The van der Waals surface area contributed by atoms with Gasteiger partial charge in [0.2, 0.25) is 0 Å². The molecule has 10 heteroatoms. The van der Waals surface area contributed by atoms with E-state index in [9.17, 15) is 39.5 Å². The highest BCUT2D eigenvalue weighted by molar-refractivity contribution is 5.29. The minimum atomic E-state index is -6.83. The Morgan fingerprint density at radius 1 is 0.750 bits per heavy atom. The standard InChI is InChI=1S/C22H27F9O/c1-2-3-4-5-14-32-18-12-8-16(9-13-18)15-6-10-17(11-7-15)19(23,24)20(25,26)21(27,28)22(29,30)31/h8-9,12-13,15,17H,2-7,10-11,14H2,1H3/t15-,17-. The highest BCUT2D eigenvalue weighted by Gasteiger charge is 2.82. The van der Waals surface area contributed by atoms with E-state index in [0.717, 1.165) is 31.2 Å². The number of hydrogen-bond donors (Lipinski definition) is 0. The molecule has 0 aliphatic heterocycles. The van der Waals surface area contributed by atoms with Crippen LogP contribution in [-0.4, -0.2) is 30.6 Å². The summed E-state index contributed by atoms with van der Waals surface area (Å²) in [6, 6.07) is 6.84. The first-order chi connectivity index (χ1) is 14.8. The Labute approximate surface area is 181 Å². The largest absolute Gasteiger partial charge is 0.494 e. The fraction of sp³-hybridized carbons (Fsp3) is 0.727. The van der Waals surface area contributed by atoms with E-state index in [0.29, 0.717) is 12.4 Å². The Kier molecular flexibility index (Phi) is 8.42. The molecule has 0 atom stereocenters. The van der Waals surface area contributed by atoms with E-state index in [1.54, 1.807) is 24.3 Å². The topological polar surface area (TPSA) is 9.23 Å². The van der Waals surface area contributed by atoms with Gasteiger partial charge < -0.3 is 4.74 Å². The van der Waals surface area contributed by atoms with Gasteiger partial charge in [-0.1, -0.05) is 38.3 Å². The Bertz CT molecular complexity index is 705. The van der Waals surface area contributed by atoms with Crippen molar-refractivity contribution in [2.75, 3.05) is 6.61 Å². The minimum absolute atomic E-state index is 0.0227. The van der Waals surface area contributed by atoms with Gasteiger partial charge in [-0.05, 0) is 55.7 Å². The van der Waals surface area contributed by atoms with Crippen LogP contribution in [0.4, 0.5) is 39.5 Å². The van der Waals surface area contributed by atoms with Crippen molar-refractivity contribution in [3.8, 4) is 5.75 Å². The van der Waals surface area contributed by atoms with E-state index < -0.39 is 42.7 Å². The maximum atomic E-state index is 14.1. The normalized spacial score (nSPS) is 20.9. The number of alkyl halides is 9. The van der Waals surface area contributed by atoms with E-state index >= 15 is 0 Å². The van der Waals surface area contributed by atoms with E-state index in [1.807, 2.05) is 0 Å². The van der Waals surface area contributed by atoms with E-state index in [1.165, 1.54) is 0 Å². The second-order valence-corrected chi connectivity index (χ2v) is 8.30. The number of benzene rings is 1. The van der Waals surface area contributed by atoms with Crippen molar-refractivity contribution < 1.29 is 44.3 Å². The third-order valence-electron chi connectivity index (χ3n) is 6.03. The van der Waals surface area contributed by atoms with Gasteiger partial charge in [0.15, 0.2) is 0 Å². The summed E-state index contributed by atoms with van der Waals surface area (Å²) in [4.78, 5) is 0. The number of halogens is 9. The molecule has 0 bridgehead atoms. The number of unbranched alkanes of at least 4 members (excludes halogenated alkanes) is 3. The smallest absolute Gasteiger partial charge is 0.460 e. The van der Waals surface area contributed by atoms with Gasteiger partial charge in [-0.25, -0.2) is 0 Å². The van der Waals surface area contributed by atoms with Crippen molar-refractivity contribution in [3.63, 3.8) is 0 Å². The lowest BCUT2D eigenvalue weighted by Gasteiger charge is -2.40.